The molecule has 168 valence electrons. The highest BCUT2D eigenvalue weighted by atomic mass is 35.5. The number of hydrogen-bond acceptors (Lipinski definition) is 7. The molecule has 0 saturated carbocycles. The summed E-state index contributed by atoms with van der Waals surface area (Å²) in [5, 5.41) is 10.0. The van der Waals surface area contributed by atoms with Gasteiger partial charge in [-0.15, -0.1) is 10.2 Å². The number of carbonyl (C=O) groups excluding carboxylic acids is 2. The molecule has 1 heterocycles. The van der Waals surface area contributed by atoms with Crippen LogP contribution in [-0.4, -0.2) is 34.4 Å². The summed E-state index contributed by atoms with van der Waals surface area (Å²) in [5.41, 5.74) is -0.593. The zero-order chi connectivity index (χ0) is 23.3. The molecule has 1 amide bonds. The zero-order valence-corrected chi connectivity index (χ0v) is 18.1. The Morgan fingerprint density at radius 2 is 1.81 bits per heavy atom. The highest BCUT2D eigenvalue weighted by Gasteiger charge is 2.33. The lowest BCUT2D eigenvalue weighted by Gasteiger charge is -2.11. The van der Waals surface area contributed by atoms with E-state index in [0.717, 1.165) is 17.8 Å². The Hall–Kier alpha value is -2.76. The minimum absolute atomic E-state index is 0.109. The van der Waals surface area contributed by atoms with Gasteiger partial charge in [0.05, 0.1) is 10.6 Å². The lowest BCUT2D eigenvalue weighted by atomic mass is 10.2. The van der Waals surface area contributed by atoms with Crippen LogP contribution in [0.1, 0.15) is 5.56 Å². The van der Waals surface area contributed by atoms with E-state index in [1.165, 1.54) is 6.07 Å². The van der Waals surface area contributed by atoms with Gasteiger partial charge in [0.25, 0.3) is 11.1 Å². The van der Waals surface area contributed by atoms with Crippen LogP contribution >= 0.6 is 35.0 Å². The fraction of sp³-hybridized carbons (Fsp3) is 0.158. The van der Waals surface area contributed by atoms with Gasteiger partial charge in [0.1, 0.15) is 5.75 Å². The lowest BCUT2D eigenvalue weighted by molar-refractivity contribution is -0.144. The van der Waals surface area contributed by atoms with Crippen molar-refractivity contribution in [2.45, 2.75) is 11.4 Å². The molecule has 0 aliphatic carbocycles. The number of anilines is 1. The summed E-state index contributed by atoms with van der Waals surface area (Å²) in [7, 11) is 0. The van der Waals surface area contributed by atoms with Gasteiger partial charge in [-0.05, 0) is 42.5 Å². The molecular formula is C19H12Cl2F3N3O4S. The van der Waals surface area contributed by atoms with Crippen LogP contribution in [0, 0.1) is 0 Å². The summed E-state index contributed by atoms with van der Waals surface area (Å²) in [5.74, 6) is -1.57. The van der Waals surface area contributed by atoms with Gasteiger partial charge in [-0.25, -0.2) is 0 Å². The molecule has 13 heteroatoms. The molecule has 0 aliphatic heterocycles. The predicted octanol–water partition coefficient (Wildman–Crippen LogP) is 5.34. The standard InChI is InChI=1S/C19H12Cl2F3N3O4S/c20-11-3-1-10(2-4-11)17-26-27-18(31-17)32-9-16(29)30-8-15(28)25-12-5-6-14(21)13(7-12)19(22,23)24/h1-7H,8-9H2,(H,25,28). The molecule has 1 N–H and O–H groups in total. The second kappa shape index (κ2) is 10.2. The normalized spacial score (nSPS) is 11.3. The van der Waals surface area contributed by atoms with E-state index in [0.29, 0.717) is 16.7 Å². The molecule has 0 spiro atoms. The van der Waals surface area contributed by atoms with E-state index in [4.69, 9.17) is 32.4 Å². The highest BCUT2D eigenvalue weighted by Crippen LogP contribution is 2.36. The van der Waals surface area contributed by atoms with Crippen LogP contribution < -0.4 is 5.32 Å². The molecule has 2 aromatic carbocycles. The maximum absolute atomic E-state index is 12.9. The van der Waals surface area contributed by atoms with Gasteiger partial charge in [0.2, 0.25) is 5.89 Å². The number of aromatic nitrogens is 2. The molecule has 0 fully saturated rings. The Morgan fingerprint density at radius 1 is 1.09 bits per heavy atom. The van der Waals surface area contributed by atoms with Crippen molar-refractivity contribution in [3.8, 4) is 11.5 Å². The molecule has 32 heavy (non-hydrogen) atoms. The van der Waals surface area contributed by atoms with Gasteiger partial charge in [0, 0.05) is 16.3 Å². The number of hydrogen-bond donors (Lipinski definition) is 1. The minimum Gasteiger partial charge on any atom is -0.455 e. The number of esters is 1. The van der Waals surface area contributed by atoms with E-state index in [9.17, 15) is 22.8 Å². The maximum Gasteiger partial charge on any atom is 0.417 e. The largest absolute Gasteiger partial charge is 0.455 e. The van der Waals surface area contributed by atoms with E-state index in [1.54, 1.807) is 24.3 Å². The average molecular weight is 506 g/mol. The van der Waals surface area contributed by atoms with Crippen molar-refractivity contribution in [1.82, 2.24) is 10.2 Å². The number of alkyl halides is 3. The third kappa shape index (κ3) is 6.62. The first-order chi connectivity index (χ1) is 15.1. The molecule has 0 aliphatic rings. The fourth-order valence-corrected chi connectivity index (χ4v) is 3.21. The molecule has 1 aromatic heterocycles. The smallest absolute Gasteiger partial charge is 0.417 e. The van der Waals surface area contributed by atoms with Crippen LogP contribution in [0.25, 0.3) is 11.5 Å². The molecule has 0 atom stereocenters. The molecule has 0 saturated heterocycles. The second-order valence-electron chi connectivity index (χ2n) is 6.07. The van der Waals surface area contributed by atoms with Crippen molar-refractivity contribution < 1.29 is 31.9 Å². The van der Waals surface area contributed by atoms with E-state index >= 15 is 0 Å². The summed E-state index contributed by atoms with van der Waals surface area (Å²) in [6.07, 6.45) is -4.68. The van der Waals surface area contributed by atoms with Crippen molar-refractivity contribution >= 4 is 52.5 Å². The Balaban J connectivity index is 1.46. The summed E-state index contributed by atoms with van der Waals surface area (Å²) in [6, 6.07) is 9.58. The third-order valence-corrected chi connectivity index (χ3v) is 5.10. The summed E-state index contributed by atoms with van der Waals surface area (Å²) < 4.78 is 48.8. The summed E-state index contributed by atoms with van der Waals surface area (Å²) in [4.78, 5) is 23.7. The van der Waals surface area contributed by atoms with Gasteiger partial charge in [0.15, 0.2) is 6.61 Å². The van der Waals surface area contributed by atoms with E-state index in [2.05, 4.69) is 15.5 Å². The van der Waals surface area contributed by atoms with Gasteiger partial charge < -0.3 is 14.5 Å². The Labute approximate surface area is 193 Å². The number of carbonyl (C=O) groups is 2. The first-order valence-electron chi connectivity index (χ1n) is 8.66. The van der Waals surface area contributed by atoms with Crippen LogP contribution in [0.3, 0.4) is 0 Å². The number of ether oxygens (including phenoxy) is 1. The number of halogens is 5. The van der Waals surface area contributed by atoms with Crippen LogP contribution in [0.2, 0.25) is 10.0 Å². The Kier molecular flexibility index (Phi) is 7.64. The molecule has 3 aromatic rings. The van der Waals surface area contributed by atoms with E-state index in [-0.39, 0.29) is 22.6 Å². The minimum atomic E-state index is -4.68. The number of rotatable bonds is 7. The van der Waals surface area contributed by atoms with Crippen molar-refractivity contribution in [1.29, 1.82) is 0 Å². The quantitative estimate of drug-likeness (QED) is 0.342. The maximum atomic E-state index is 12.9. The van der Waals surface area contributed by atoms with E-state index in [1.807, 2.05) is 0 Å². The molecule has 0 radical (unpaired) electrons. The first-order valence-corrected chi connectivity index (χ1v) is 10.4. The van der Waals surface area contributed by atoms with Crippen LogP contribution in [0.4, 0.5) is 18.9 Å². The number of amides is 1. The van der Waals surface area contributed by atoms with Crippen molar-refractivity contribution in [3.05, 3.63) is 58.1 Å². The molecular weight excluding hydrogens is 494 g/mol. The van der Waals surface area contributed by atoms with Gasteiger partial charge in [-0.1, -0.05) is 35.0 Å². The zero-order valence-electron chi connectivity index (χ0n) is 15.8. The van der Waals surface area contributed by atoms with Crippen molar-refractivity contribution in [2.24, 2.45) is 0 Å². The number of benzene rings is 2. The first kappa shape index (κ1) is 23.9. The second-order valence-corrected chi connectivity index (χ2v) is 7.84. The fourth-order valence-electron chi connectivity index (χ4n) is 2.30. The monoisotopic (exact) mass is 505 g/mol. The number of nitrogens with zero attached hydrogens (tertiary/aromatic N) is 2. The Bertz CT molecular complexity index is 1120. The average Bonchev–Trinajstić information content (AvgIpc) is 3.21. The molecule has 0 unspecified atom stereocenters. The lowest BCUT2D eigenvalue weighted by Crippen LogP contribution is -2.22. The third-order valence-electron chi connectivity index (χ3n) is 3.73. The number of thioether (sulfide) groups is 1. The van der Waals surface area contributed by atoms with E-state index < -0.39 is 35.2 Å². The van der Waals surface area contributed by atoms with Crippen LogP contribution in [0.15, 0.2) is 52.1 Å². The topological polar surface area (TPSA) is 94.3 Å². The summed E-state index contributed by atoms with van der Waals surface area (Å²) in [6.45, 7) is -0.691. The number of nitrogens with one attached hydrogen (secondary N) is 1. The van der Waals surface area contributed by atoms with Crippen LogP contribution in [0.5, 0.6) is 0 Å². The van der Waals surface area contributed by atoms with Gasteiger partial charge in [-0.3, -0.25) is 9.59 Å². The summed E-state index contributed by atoms with van der Waals surface area (Å²) >= 11 is 12.2. The van der Waals surface area contributed by atoms with Gasteiger partial charge in [-0.2, -0.15) is 13.2 Å². The highest BCUT2D eigenvalue weighted by molar-refractivity contribution is 7.99. The van der Waals surface area contributed by atoms with Crippen molar-refractivity contribution in [3.63, 3.8) is 0 Å². The molecule has 7 nitrogen and oxygen atoms in total. The SMILES string of the molecule is O=C(COC(=O)CSc1nnc(-c2ccc(Cl)cc2)o1)Nc1ccc(Cl)c(C(F)(F)F)c1. The molecule has 3 rings (SSSR count). The van der Waals surface area contributed by atoms with Gasteiger partial charge >= 0.3 is 12.1 Å². The van der Waals surface area contributed by atoms with Crippen LogP contribution in [-0.2, 0) is 20.5 Å². The Morgan fingerprint density at radius 3 is 2.50 bits per heavy atom. The molecule has 0 bridgehead atoms. The predicted molar refractivity (Wildman–Crippen MR) is 112 cm³/mol. The van der Waals surface area contributed by atoms with Crippen molar-refractivity contribution in [2.75, 3.05) is 17.7 Å².